The van der Waals surface area contributed by atoms with Crippen molar-refractivity contribution in [1.29, 1.82) is 0 Å². The van der Waals surface area contributed by atoms with E-state index in [1.807, 2.05) is 0 Å². The van der Waals surface area contributed by atoms with Gasteiger partial charge in [-0.2, -0.15) is 0 Å². The summed E-state index contributed by atoms with van der Waals surface area (Å²) in [6.07, 6.45) is 1.56. The van der Waals surface area contributed by atoms with Gasteiger partial charge >= 0.3 is 5.69 Å². The van der Waals surface area contributed by atoms with Gasteiger partial charge in [-0.3, -0.25) is 9.78 Å². The molecular weight excluding hydrogens is 285 g/mol. The van der Waals surface area contributed by atoms with Crippen molar-refractivity contribution >= 4 is 55.6 Å². The lowest BCUT2D eigenvalue weighted by Crippen LogP contribution is -2.20. The smallest absolute Gasteiger partial charge is 0.305 e. The zero-order valence-electron chi connectivity index (χ0n) is 8.11. The molecule has 0 bridgehead atoms. The van der Waals surface area contributed by atoms with Crippen molar-refractivity contribution < 1.29 is 0 Å². The van der Waals surface area contributed by atoms with Gasteiger partial charge in [0.15, 0.2) is 0 Å². The van der Waals surface area contributed by atoms with E-state index in [-0.39, 0.29) is 17.6 Å². The Labute approximate surface area is 109 Å². The second-order valence-electron chi connectivity index (χ2n) is 3.19. The van der Waals surface area contributed by atoms with Gasteiger partial charge < -0.3 is 4.98 Å². The van der Waals surface area contributed by atoms with Crippen molar-refractivity contribution in [3.05, 3.63) is 38.3 Å². The van der Waals surface area contributed by atoms with E-state index in [0.717, 1.165) is 4.70 Å². The average Bonchev–Trinajstić information content (AvgIpc) is 2.58. The average molecular weight is 290 g/mol. The Hall–Kier alpha value is -1.37. The van der Waals surface area contributed by atoms with Crippen molar-refractivity contribution in [2.24, 2.45) is 0 Å². The summed E-state index contributed by atoms with van der Waals surface area (Å²) < 4.78 is 1.27. The van der Waals surface area contributed by atoms with Gasteiger partial charge in [0.1, 0.15) is 9.85 Å². The Bertz CT molecular complexity index is 820. The number of hydrogen-bond donors (Lipinski definition) is 2. The quantitative estimate of drug-likeness (QED) is 0.621. The number of pyridine rings is 1. The van der Waals surface area contributed by atoms with Gasteiger partial charge in [0, 0.05) is 10.9 Å². The van der Waals surface area contributed by atoms with Crippen LogP contribution in [0.5, 0.6) is 0 Å². The van der Waals surface area contributed by atoms with Crippen LogP contribution in [0.3, 0.4) is 0 Å². The standard InChI is InChI=1S/C9H4ClN3O2S.ClH/c10-7-4-3(1-2-11-7)16-6-5(4)12-9(15)13-8(6)14;/h1-2H,(H2,12,13,14,15);1H. The molecule has 0 aliphatic heterocycles. The topological polar surface area (TPSA) is 78.6 Å². The lowest BCUT2D eigenvalue weighted by atomic mass is 10.3. The molecular formula is C9H5Cl2N3O2S. The van der Waals surface area contributed by atoms with E-state index in [9.17, 15) is 9.59 Å². The van der Waals surface area contributed by atoms with Gasteiger partial charge in [-0.05, 0) is 6.07 Å². The minimum absolute atomic E-state index is 0. The monoisotopic (exact) mass is 289 g/mol. The first kappa shape index (κ1) is 12.1. The fourth-order valence-corrected chi connectivity index (χ4v) is 2.95. The van der Waals surface area contributed by atoms with Crippen molar-refractivity contribution in [1.82, 2.24) is 15.0 Å². The minimum Gasteiger partial charge on any atom is -0.305 e. The first-order valence-electron chi connectivity index (χ1n) is 4.36. The van der Waals surface area contributed by atoms with Crippen LogP contribution in [-0.4, -0.2) is 15.0 Å². The van der Waals surface area contributed by atoms with Crippen LogP contribution in [0, 0.1) is 0 Å². The lowest BCUT2D eigenvalue weighted by molar-refractivity contribution is 1.09. The van der Waals surface area contributed by atoms with E-state index < -0.39 is 11.2 Å². The number of aromatic nitrogens is 3. The molecule has 5 nitrogen and oxygen atoms in total. The fraction of sp³-hybridized carbons (Fsp3) is 0. The van der Waals surface area contributed by atoms with Crippen LogP contribution in [0.4, 0.5) is 0 Å². The van der Waals surface area contributed by atoms with Crippen LogP contribution in [0.15, 0.2) is 21.9 Å². The van der Waals surface area contributed by atoms with E-state index >= 15 is 0 Å². The summed E-state index contributed by atoms with van der Waals surface area (Å²) >= 11 is 7.22. The van der Waals surface area contributed by atoms with Crippen LogP contribution in [-0.2, 0) is 0 Å². The van der Waals surface area contributed by atoms with E-state index in [1.54, 1.807) is 12.3 Å². The Morgan fingerprint density at radius 1 is 1.29 bits per heavy atom. The molecule has 0 saturated heterocycles. The molecule has 0 unspecified atom stereocenters. The summed E-state index contributed by atoms with van der Waals surface area (Å²) in [5.41, 5.74) is -0.500. The zero-order valence-corrected chi connectivity index (χ0v) is 10.5. The van der Waals surface area contributed by atoms with E-state index in [1.165, 1.54) is 11.3 Å². The number of halogens is 2. The van der Waals surface area contributed by atoms with E-state index in [2.05, 4.69) is 15.0 Å². The number of rotatable bonds is 0. The Morgan fingerprint density at radius 2 is 2.06 bits per heavy atom. The molecule has 0 amide bonds. The number of nitrogens with zero attached hydrogens (tertiary/aromatic N) is 1. The molecule has 0 aliphatic carbocycles. The Morgan fingerprint density at radius 3 is 2.82 bits per heavy atom. The number of aromatic amines is 2. The first-order valence-corrected chi connectivity index (χ1v) is 5.55. The van der Waals surface area contributed by atoms with Gasteiger partial charge in [0.25, 0.3) is 5.56 Å². The van der Waals surface area contributed by atoms with Crippen LogP contribution in [0.25, 0.3) is 20.3 Å². The Balaban J connectivity index is 0.00000108. The molecule has 88 valence electrons. The third kappa shape index (κ3) is 1.74. The summed E-state index contributed by atoms with van der Waals surface area (Å²) in [5.74, 6) is 0. The second kappa shape index (κ2) is 4.14. The molecule has 3 heterocycles. The number of hydrogen-bond acceptors (Lipinski definition) is 4. The summed E-state index contributed by atoms with van der Waals surface area (Å²) in [7, 11) is 0. The molecule has 0 saturated carbocycles. The summed E-state index contributed by atoms with van der Waals surface area (Å²) in [4.78, 5) is 31.4. The van der Waals surface area contributed by atoms with Gasteiger partial charge in [-0.15, -0.1) is 23.7 Å². The number of nitrogens with one attached hydrogen (secondary N) is 2. The summed E-state index contributed by atoms with van der Waals surface area (Å²) in [6, 6.07) is 1.75. The molecule has 0 aliphatic rings. The molecule has 0 spiro atoms. The molecule has 0 aromatic carbocycles. The highest BCUT2D eigenvalue weighted by Crippen LogP contribution is 2.33. The van der Waals surface area contributed by atoms with E-state index in [4.69, 9.17) is 11.6 Å². The van der Waals surface area contributed by atoms with Gasteiger partial charge in [-0.1, -0.05) is 11.6 Å². The van der Waals surface area contributed by atoms with Crippen LogP contribution in [0.1, 0.15) is 0 Å². The van der Waals surface area contributed by atoms with Crippen LogP contribution in [0.2, 0.25) is 5.15 Å². The largest absolute Gasteiger partial charge is 0.326 e. The molecule has 8 heteroatoms. The maximum absolute atomic E-state index is 11.6. The van der Waals surface area contributed by atoms with Crippen LogP contribution >= 0.6 is 35.3 Å². The number of fused-ring (bicyclic) bond motifs is 3. The molecule has 17 heavy (non-hydrogen) atoms. The molecule has 3 aromatic heterocycles. The Kier molecular flexibility index (Phi) is 2.94. The maximum atomic E-state index is 11.6. The number of thiophene rings is 1. The zero-order chi connectivity index (χ0) is 11.3. The first-order chi connectivity index (χ1) is 7.66. The molecule has 3 rings (SSSR count). The summed E-state index contributed by atoms with van der Waals surface area (Å²) in [6.45, 7) is 0. The third-order valence-corrected chi connectivity index (χ3v) is 3.67. The predicted octanol–water partition coefficient (Wildman–Crippen LogP) is 1.90. The SMILES string of the molecule is Cl.O=c1[nH]c(=O)c2sc3ccnc(Cl)c3c2[nH]1. The second-order valence-corrected chi connectivity index (χ2v) is 4.60. The highest BCUT2D eigenvalue weighted by atomic mass is 35.5. The fourth-order valence-electron chi connectivity index (χ4n) is 1.59. The van der Waals surface area contributed by atoms with E-state index in [0.29, 0.717) is 15.6 Å². The van der Waals surface area contributed by atoms with Crippen molar-refractivity contribution in [3.63, 3.8) is 0 Å². The minimum atomic E-state index is -0.544. The maximum Gasteiger partial charge on any atom is 0.326 e. The normalized spacial score (nSPS) is 10.6. The van der Waals surface area contributed by atoms with Gasteiger partial charge in [0.2, 0.25) is 0 Å². The molecule has 0 radical (unpaired) electrons. The highest BCUT2D eigenvalue weighted by molar-refractivity contribution is 7.25. The van der Waals surface area contributed by atoms with Gasteiger partial charge in [0.05, 0.1) is 10.9 Å². The molecule has 0 atom stereocenters. The van der Waals surface area contributed by atoms with Crippen molar-refractivity contribution in [2.45, 2.75) is 0 Å². The molecule has 0 fully saturated rings. The van der Waals surface area contributed by atoms with Gasteiger partial charge in [-0.25, -0.2) is 9.78 Å². The lowest BCUT2D eigenvalue weighted by Gasteiger charge is -1.92. The van der Waals surface area contributed by atoms with Crippen LogP contribution < -0.4 is 11.2 Å². The van der Waals surface area contributed by atoms with Crippen molar-refractivity contribution in [3.8, 4) is 0 Å². The highest BCUT2D eigenvalue weighted by Gasteiger charge is 2.12. The summed E-state index contributed by atoms with van der Waals surface area (Å²) in [5, 5.41) is 0.900. The third-order valence-electron chi connectivity index (χ3n) is 2.23. The molecule has 2 N–H and O–H groups in total. The van der Waals surface area contributed by atoms with Crippen molar-refractivity contribution in [2.75, 3.05) is 0 Å². The number of H-pyrrole nitrogens is 2. The molecule has 3 aromatic rings. The predicted molar refractivity (Wildman–Crippen MR) is 70.6 cm³/mol.